The van der Waals surface area contributed by atoms with Crippen LogP contribution in [0.25, 0.3) is 0 Å². The Kier molecular flexibility index (Phi) is 26.3. The Bertz CT molecular complexity index is 2690. The number of rotatable bonds is 30. The van der Waals surface area contributed by atoms with Crippen LogP contribution in [0, 0.1) is 44.4 Å². The van der Waals surface area contributed by atoms with Gasteiger partial charge in [0.15, 0.2) is 0 Å². The summed E-state index contributed by atoms with van der Waals surface area (Å²) in [5.74, 6) is -5.15. The lowest BCUT2D eigenvalue weighted by atomic mass is 9.82. The molecule has 20 nitrogen and oxygen atoms in total. The molecule has 3 aromatic carbocycles. The Morgan fingerprint density at radius 3 is 1.10 bits per heavy atom. The van der Waals surface area contributed by atoms with Crippen molar-refractivity contribution in [2.45, 2.75) is 124 Å². The van der Waals surface area contributed by atoms with E-state index in [1.165, 1.54) is 0 Å². The van der Waals surface area contributed by atoms with Crippen LogP contribution in [0.4, 0.5) is 0 Å². The number of aryl methyl sites for hydroxylation is 3. The maximum absolute atomic E-state index is 13.5. The Morgan fingerprint density at radius 2 is 0.741 bits per heavy atom. The predicted molar refractivity (Wildman–Crippen MR) is 288 cm³/mol. The van der Waals surface area contributed by atoms with Gasteiger partial charge < -0.3 is 47.4 Å². The summed E-state index contributed by atoms with van der Waals surface area (Å²) in [6.45, 7) is 11.7. The van der Waals surface area contributed by atoms with E-state index in [9.17, 15) is 47.9 Å². The zero-order valence-electron chi connectivity index (χ0n) is 46.3. The molecule has 0 unspecified atom stereocenters. The standard InChI is InChI=1S/C61H72O20/c1-6-51(62)74-34-36-76-55(66)30-28-53(64)72-32-8-10-42-12-24-48(25-13-42)78-58(68)44-16-20-46(21-17-44)60(70)80-50-38-39(3)57(41(5)40(50)4)81-61(71)47-22-18-45(19-23-47)59(69)79-49-26-14-43(15-27-49)11-9-33-73-54(65)29-31-56(67)77-37-35-75-52(63)7-2/h6-7,12-15,24-27,38,44-47H,1-2,8-11,16-23,28-37H2,3-5H3. The second-order valence-corrected chi connectivity index (χ2v) is 19.7. The maximum Gasteiger partial charge on any atom is 0.330 e. The van der Waals surface area contributed by atoms with E-state index in [0.29, 0.717) is 117 Å². The van der Waals surface area contributed by atoms with Crippen molar-refractivity contribution in [3.63, 3.8) is 0 Å². The van der Waals surface area contributed by atoms with Crippen LogP contribution in [0.2, 0.25) is 0 Å². The number of hydrogen-bond donors (Lipinski definition) is 0. The fraction of sp³-hybridized carbons (Fsp3) is 0.475. The zero-order valence-corrected chi connectivity index (χ0v) is 46.3. The van der Waals surface area contributed by atoms with E-state index in [1.54, 1.807) is 51.1 Å². The highest BCUT2D eigenvalue weighted by molar-refractivity contribution is 5.83. The van der Waals surface area contributed by atoms with Crippen LogP contribution in [0.3, 0.4) is 0 Å². The quantitative estimate of drug-likeness (QED) is 0.0200. The molecule has 2 aliphatic rings. The molecule has 0 bridgehead atoms. The van der Waals surface area contributed by atoms with Crippen LogP contribution in [0.5, 0.6) is 23.0 Å². The molecule has 3 aromatic rings. The first-order chi connectivity index (χ1) is 38.9. The Morgan fingerprint density at radius 1 is 0.420 bits per heavy atom. The third kappa shape index (κ3) is 22.1. The molecule has 0 aliphatic heterocycles. The molecular formula is C61H72O20. The number of benzene rings is 3. The lowest BCUT2D eigenvalue weighted by Crippen LogP contribution is -2.31. The van der Waals surface area contributed by atoms with Gasteiger partial charge in [0.05, 0.1) is 62.6 Å². The topological polar surface area (TPSA) is 263 Å². The predicted octanol–water partition coefficient (Wildman–Crippen LogP) is 8.30. The highest BCUT2D eigenvalue weighted by atomic mass is 16.6. The SMILES string of the molecule is C=CC(=O)OCCOC(=O)CCC(=O)OCCCc1ccc(OC(=O)C2CCC(C(=O)Oc3cc(C)c(OC(=O)C4CCC(C(=O)Oc5ccc(CCCOC(=O)CCC(=O)OCCOC(=O)C=C)cc5)CC4)c(C)c3C)CC2)cc1. The van der Waals surface area contributed by atoms with E-state index in [1.807, 2.05) is 24.3 Å². The van der Waals surface area contributed by atoms with E-state index in [4.69, 9.17) is 47.4 Å². The van der Waals surface area contributed by atoms with Crippen molar-refractivity contribution in [2.24, 2.45) is 23.7 Å². The molecular weight excluding hydrogens is 1050 g/mol. The minimum atomic E-state index is -0.627. The van der Waals surface area contributed by atoms with Crippen LogP contribution < -0.4 is 18.9 Å². The molecule has 81 heavy (non-hydrogen) atoms. The van der Waals surface area contributed by atoms with Crippen LogP contribution >= 0.6 is 0 Å². The first-order valence-electron chi connectivity index (χ1n) is 27.3. The fourth-order valence-electron chi connectivity index (χ4n) is 8.97. The van der Waals surface area contributed by atoms with Crippen LogP contribution in [0.15, 0.2) is 79.9 Å². The van der Waals surface area contributed by atoms with Gasteiger partial charge in [0.2, 0.25) is 0 Å². The summed E-state index contributed by atoms with van der Waals surface area (Å²) in [5.41, 5.74) is 3.82. The average Bonchev–Trinajstić information content (AvgIpc) is 3.49. The largest absolute Gasteiger partial charge is 0.466 e. The van der Waals surface area contributed by atoms with Gasteiger partial charge in [0, 0.05) is 12.2 Å². The number of hydrogen-bond acceptors (Lipinski definition) is 20. The second-order valence-electron chi connectivity index (χ2n) is 19.7. The van der Waals surface area contributed by atoms with Gasteiger partial charge in [-0.3, -0.25) is 38.4 Å². The van der Waals surface area contributed by atoms with Crippen molar-refractivity contribution >= 4 is 59.7 Å². The molecule has 0 N–H and O–H groups in total. The number of carbonyl (C=O) groups excluding carboxylic acids is 10. The molecule has 0 heterocycles. The van der Waals surface area contributed by atoms with Crippen molar-refractivity contribution < 1.29 is 95.3 Å². The molecule has 0 saturated heterocycles. The molecule has 436 valence electrons. The Balaban J connectivity index is 0.939. The number of esters is 10. The van der Waals surface area contributed by atoms with E-state index in [2.05, 4.69) is 13.2 Å². The van der Waals surface area contributed by atoms with Crippen molar-refractivity contribution in [3.8, 4) is 23.0 Å². The van der Waals surface area contributed by atoms with Gasteiger partial charge in [-0.25, -0.2) is 9.59 Å². The second kappa shape index (κ2) is 33.4. The normalized spacial score (nSPS) is 16.5. The number of carbonyl (C=O) groups is 10. The van der Waals surface area contributed by atoms with Crippen molar-refractivity contribution in [3.05, 3.63) is 108 Å². The average molecular weight is 1130 g/mol. The fourth-order valence-corrected chi connectivity index (χ4v) is 8.97. The van der Waals surface area contributed by atoms with Gasteiger partial charge in [-0.15, -0.1) is 0 Å². The molecule has 0 aromatic heterocycles. The Labute approximate surface area is 471 Å². The molecule has 5 rings (SSSR count). The first kappa shape index (κ1) is 63.7. The van der Waals surface area contributed by atoms with E-state index in [-0.39, 0.29) is 89.1 Å². The minimum absolute atomic E-state index is 0.110. The van der Waals surface area contributed by atoms with Gasteiger partial charge in [0.25, 0.3) is 0 Å². The summed E-state index contributed by atoms with van der Waals surface area (Å²) >= 11 is 0. The third-order valence-electron chi connectivity index (χ3n) is 13.8. The minimum Gasteiger partial charge on any atom is -0.466 e. The summed E-state index contributed by atoms with van der Waals surface area (Å²) in [7, 11) is 0. The van der Waals surface area contributed by atoms with Gasteiger partial charge in [-0.1, -0.05) is 37.4 Å². The van der Waals surface area contributed by atoms with Crippen LogP contribution in [-0.4, -0.2) is 99.3 Å². The molecule has 0 atom stereocenters. The van der Waals surface area contributed by atoms with Crippen LogP contribution in [0.1, 0.15) is 118 Å². The molecule has 0 amide bonds. The third-order valence-corrected chi connectivity index (χ3v) is 13.8. The van der Waals surface area contributed by atoms with E-state index in [0.717, 1.165) is 23.3 Å². The summed E-state index contributed by atoms with van der Waals surface area (Å²) in [6.07, 6.45) is 7.22. The molecule has 2 fully saturated rings. The molecule has 20 heteroatoms. The molecule has 0 radical (unpaired) electrons. The lowest BCUT2D eigenvalue weighted by Gasteiger charge is -2.27. The van der Waals surface area contributed by atoms with Gasteiger partial charge in [-0.05, 0) is 156 Å². The highest BCUT2D eigenvalue weighted by Gasteiger charge is 2.35. The highest BCUT2D eigenvalue weighted by Crippen LogP contribution is 2.38. The van der Waals surface area contributed by atoms with Crippen molar-refractivity contribution in [1.29, 1.82) is 0 Å². The first-order valence-corrected chi connectivity index (χ1v) is 27.3. The van der Waals surface area contributed by atoms with Crippen molar-refractivity contribution in [1.82, 2.24) is 0 Å². The summed E-state index contributed by atoms with van der Waals surface area (Å²) < 4.78 is 52.9. The van der Waals surface area contributed by atoms with Gasteiger partial charge in [-0.2, -0.15) is 0 Å². The summed E-state index contributed by atoms with van der Waals surface area (Å²) in [5, 5.41) is 0. The zero-order chi connectivity index (χ0) is 58.7. The monoisotopic (exact) mass is 1120 g/mol. The maximum atomic E-state index is 13.5. The Hall–Kier alpha value is -8.16. The van der Waals surface area contributed by atoms with E-state index >= 15 is 0 Å². The summed E-state index contributed by atoms with van der Waals surface area (Å²) in [4.78, 5) is 123. The van der Waals surface area contributed by atoms with Crippen LogP contribution in [-0.2, 0) is 89.2 Å². The van der Waals surface area contributed by atoms with Gasteiger partial charge in [0.1, 0.15) is 49.4 Å². The molecule has 0 spiro atoms. The summed E-state index contributed by atoms with van der Waals surface area (Å²) in [6, 6.07) is 15.8. The van der Waals surface area contributed by atoms with Gasteiger partial charge >= 0.3 is 59.7 Å². The van der Waals surface area contributed by atoms with Crippen molar-refractivity contribution in [2.75, 3.05) is 39.6 Å². The molecule has 2 aliphatic carbocycles. The lowest BCUT2D eigenvalue weighted by molar-refractivity contribution is -0.152. The van der Waals surface area contributed by atoms with E-state index < -0.39 is 59.6 Å². The smallest absolute Gasteiger partial charge is 0.330 e. The number of ether oxygens (including phenoxy) is 10. The molecule has 2 saturated carbocycles.